The van der Waals surface area contributed by atoms with Crippen LogP contribution in [0, 0.1) is 0 Å². The topological polar surface area (TPSA) is 111 Å². The predicted octanol–water partition coefficient (Wildman–Crippen LogP) is 1.41. The molecule has 0 amide bonds. The summed E-state index contributed by atoms with van der Waals surface area (Å²) < 4.78 is 0. The second kappa shape index (κ2) is 6.38. The lowest BCUT2D eigenvalue weighted by Gasteiger charge is -2.17. The summed E-state index contributed by atoms with van der Waals surface area (Å²) in [6.07, 6.45) is -0.493. The van der Waals surface area contributed by atoms with Crippen molar-refractivity contribution < 1.29 is 20.1 Å². The lowest BCUT2D eigenvalue weighted by Crippen LogP contribution is -2.19. The van der Waals surface area contributed by atoms with E-state index in [-0.39, 0.29) is 10.9 Å². The molecule has 6 nitrogen and oxygen atoms in total. The molecule has 4 N–H and O–H groups in total. The van der Waals surface area contributed by atoms with Gasteiger partial charge >= 0.3 is 5.97 Å². The van der Waals surface area contributed by atoms with Gasteiger partial charge in [-0.25, -0.2) is 4.79 Å². The minimum Gasteiger partial charge on any atom is -0.477 e. The molecule has 0 saturated heterocycles. The second-order valence-corrected chi connectivity index (χ2v) is 5.42. The molecule has 0 spiro atoms. The first-order chi connectivity index (χ1) is 9.95. The zero-order valence-corrected chi connectivity index (χ0v) is 12.5. The minimum atomic E-state index is -1.30. The van der Waals surface area contributed by atoms with Crippen molar-refractivity contribution in [1.29, 1.82) is 0 Å². The third-order valence-electron chi connectivity index (χ3n) is 3.25. The molecule has 1 heterocycles. The number of aliphatic hydroxyl groups is 2. The molecule has 112 valence electrons. The van der Waals surface area contributed by atoms with E-state index in [4.69, 9.17) is 5.11 Å². The highest BCUT2D eigenvalue weighted by atomic mass is 79.9. The fourth-order valence-electron chi connectivity index (χ4n) is 2.07. The Balaban J connectivity index is 2.46. The summed E-state index contributed by atoms with van der Waals surface area (Å²) in [6.45, 7) is 0. The van der Waals surface area contributed by atoms with Crippen LogP contribution in [0.1, 0.15) is 28.4 Å². The molecule has 7 heteroatoms. The number of rotatable bonds is 5. The molecule has 1 aromatic heterocycles. The van der Waals surface area contributed by atoms with Crippen LogP contribution in [0.25, 0.3) is 10.9 Å². The van der Waals surface area contributed by atoms with Gasteiger partial charge in [-0.2, -0.15) is 0 Å². The number of fused-ring (bicyclic) bond motifs is 1. The minimum absolute atomic E-state index is 0.223. The van der Waals surface area contributed by atoms with Crippen LogP contribution < -0.4 is 5.43 Å². The zero-order chi connectivity index (χ0) is 15.6. The molecule has 0 radical (unpaired) electrons. The zero-order valence-electron chi connectivity index (χ0n) is 10.9. The van der Waals surface area contributed by atoms with Gasteiger partial charge in [-0.3, -0.25) is 4.79 Å². The van der Waals surface area contributed by atoms with Crippen LogP contribution in [0.5, 0.6) is 0 Å². The van der Waals surface area contributed by atoms with Crippen molar-refractivity contribution in [3.05, 3.63) is 45.7 Å². The number of carboxylic acid groups (broad SMARTS) is 1. The summed E-state index contributed by atoms with van der Waals surface area (Å²) in [5, 5.41) is 29.5. The van der Waals surface area contributed by atoms with Gasteiger partial charge in [-0.05, 0) is 24.1 Å². The molecule has 2 unspecified atom stereocenters. The summed E-state index contributed by atoms with van der Waals surface area (Å²) in [5.74, 6) is -1.30. The van der Waals surface area contributed by atoms with E-state index >= 15 is 0 Å². The van der Waals surface area contributed by atoms with Crippen molar-refractivity contribution in [2.24, 2.45) is 0 Å². The quantitative estimate of drug-likeness (QED) is 0.606. The maximum Gasteiger partial charge on any atom is 0.341 e. The number of benzene rings is 1. The Labute approximate surface area is 128 Å². The number of aromatic carboxylic acids is 1. The van der Waals surface area contributed by atoms with E-state index in [0.29, 0.717) is 22.8 Å². The Morgan fingerprint density at radius 3 is 2.67 bits per heavy atom. The van der Waals surface area contributed by atoms with E-state index in [1.165, 1.54) is 18.2 Å². The van der Waals surface area contributed by atoms with E-state index < -0.39 is 23.6 Å². The number of aromatic nitrogens is 1. The summed E-state index contributed by atoms with van der Waals surface area (Å²) in [7, 11) is 0. The molecule has 0 fully saturated rings. The summed E-state index contributed by atoms with van der Waals surface area (Å²) in [6, 6.07) is 4.48. The smallest absolute Gasteiger partial charge is 0.341 e. The Hall–Kier alpha value is -1.70. The fourth-order valence-corrected chi connectivity index (χ4v) is 2.54. The van der Waals surface area contributed by atoms with Crippen LogP contribution in [0.15, 0.2) is 29.2 Å². The largest absolute Gasteiger partial charge is 0.477 e. The predicted molar refractivity (Wildman–Crippen MR) is 80.9 cm³/mol. The maximum atomic E-state index is 12.0. The van der Waals surface area contributed by atoms with Gasteiger partial charge < -0.3 is 20.3 Å². The lowest BCUT2D eigenvalue weighted by atomic mass is 10.0. The maximum absolute atomic E-state index is 12.0. The molecule has 21 heavy (non-hydrogen) atoms. The third kappa shape index (κ3) is 3.15. The summed E-state index contributed by atoms with van der Waals surface area (Å²) in [4.78, 5) is 25.6. The van der Waals surface area contributed by atoms with Gasteiger partial charge in [0.05, 0.1) is 6.10 Å². The molecule has 0 aliphatic heterocycles. The number of hydrogen-bond donors (Lipinski definition) is 4. The van der Waals surface area contributed by atoms with Crippen LogP contribution in [-0.4, -0.2) is 37.7 Å². The Bertz CT molecular complexity index is 727. The van der Waals surface area contributed by atoms with Crippen molar-refractivity contribution >= 4 is 32.8 Å². The van der Waals surface area contributed by atoms with Crippen molar-refractivity contribution in [2.75, 3.05) is 5.33 Å². The molecule has 2 atom stereocenters. The van der Waals surface area contributed by atoms with Gasteiger partial charge in [0.25, 0.3) is 0 Å². The normalized spacial score (nSPS) is 14.0. The van der Waals surface area contributed by atoms with E-state index in [1.807, 2.05) is 0 Å². The number of carboxylic acids is 1. The van der Waals surface area contributed by atoms with Crippen molar-refractivity contribution in [3.8, 4) is 0 Å². The third-order valence-corrected chi connectivity index (χ3v) is 3.70. The molecular formula is C14H14BrNO5. The van der Waals surface area contributed by atoms with Gasteiger partial charge in [0.1, 0.15) is 11.7 Å². The lowest BCUT2D eigenvalue weighted by molar-refractivity contribution is 0.0174. The van der Waals surface area contributed by atoms with Crippen LogP contribution in [0.2, 0.25) is 0 Å². The van der Waals surface area contributed by atoms with Crippen molar-refractivity contribution in [2.45, 2.75) is 18.6 Å². The number of carbonyl (C=O) groups is 1. The number of hydrogen-bond acceptors (Lipinski definition) is 4. The average Bonchev–Trinajstić information content (AvgIpc) is 2.46. The average molecular weight is 356 g/mol. The number of alkyl halides is 1. The molecule has 0 saturated carbocycles. The summed E-state index contributed by atoms with van der Waals surface area (Å²) in [5.41, 5.74) is -0.0596. The first-order valence-electron chi connectivity index (χ1n) is 6.26. The highest BCUT2D eigenvalue weighted by Gasteiger charge is 2.19. The molecule has 2 rings (SSSR count). The van der Waals surface area contributed by atoms with E-state index in [0.717, 1.165) is 6.20 Å². The van der Waals surface area contributed by atoms with Crippen LogP contribution in [-0.2, 0) is 0 Å². The van der Waals surface area contributed by atoms with Gasteiger partial charge in [-0.15, -0.1) is 0 Å². The van der Waals surface area contributed by atoms with Crippen molar-refractivity contribution in [1.82, 2.24) is 4.98 Å². The Morgan fingerprint density at radius 1 is 1.33 bits per heavy atom. The monoisotopic (exact) mass is 355 g/mol. The van der Waals surface area contributed by atoms with E-state index in [9.17, 15) is 19.8 Å². The van der Waals surface area contributed by atoms with Gasteiger partial charge in [0, 0.05) is 22.4 Å². The first kappa shape index (κ1) is 15.7. The number of H-pyrrole nitrogens is 1. The first-order valence-corrected chi connectivity index (χ1v) is 7.38. The molecule has 0 bridgehead atoms. The molecule has 0 aliphatic rings. The van der Waals surface area contributed by atoms with E-state index in [2.05, 4.69) is 20.9 Å². The van der Waals surface area contributed by atoms with Crippen LogP contribution in [0.4, 0.5) is 0 Å². The Kier molecular flexibility index (Phi) is 4.76. The fraction of sp³-hybridized carbons (Fsp3) is 0.286. The number of aromatic amines is 1. The molecule has 0 aliphatic carbocycles. The summed E-state index contributed by atoms with van der Waals surface area (Å²) >= 11 is 3.19. The van der Waals surface area contributed by atoms with Gasteiger partial charge in [0.2, 0.25) is 5.43 Å². The second-order valence-electron chi connectivity index (χ2n) is 4.63. The number of nitrogens with one attached hydrogen (secondary N) is 1. The molecule has 1 aromatic carbocycles. The Morgan fingerprint density at radius 2 is 2.05 bits per heavy atom. The molecular weight excluding hydrogens is 342 g/mol. The van der Waals surface area contributed by atoms with Crippen molar-refractivity contribution in [3.63, 3.8) is 0 Å². The highest BCUT2D eigenvalue weighted by molar-refractivity contribution is 9.09. The van der Waals surface area contributed by atoms with E-state index in [1.54, 1.807) is 0 Å². The van der Waals surface area contributed by atoms with Crippen LogP contribution >= 0.6 is 15.9 Å². The highest BCUT2D eigenvalue weighted by Crippen LogP contribution is 2.22. The SMILES string of the molecule is O=C(O)c1c[nH]c2cc(C(O)C(O)CCBr)ccc2c1=O. The van der Waals surface area contributed by atoms with Gasteiger partial charge in [0.15, 0.2) is 0 Å². The standard InChI is InChI=1S/C14H14BrNO5/c15-4-3-11(17)12(18)7-1-2-8-10(5-7)16-6-9(13(8)19)14(20)21/h1-2,5-6,11-12,17-18H,3-4H2,(H,16,19)(H,20,21). The number of halogens is 1. The molecule has 2 aromatic rings. The number of aliphatic hydroxyl groups excluding tert-OH is 2. The van der Waals surface area contributed by atoms with Gasteiger partial charge in [-0.1, -0.05) is 22.0 Å². The number of pyridine rings is 1. The van der Waals surface area contributed by atoms with Crippen LogP contribution in [0.3, 0.4) is 0 Å².